The number of rotatable bonds is 5. The van der Waals surface area contributed by atoms with E-state index >= 15 is 0 Å². The Hall–Kier alpha value is -1.63. The third-order valence-electron chi connectivity index (χ3n) is 1.92. The summed E-state index contributed by atoms with van der Waals surface area (Å²) in [5.41, 5.74) is 0. The highest BCUT2D eigenvalue weighted by Crippen LogP contribution is 2.14. The molecule has 0 atom stereocenters. The minimum atomic E-state index is -0.152. The van der Waals surface area contributed by atoms with Crippen LogP contribution < -0.4 is 15.0 Å². The summed E-state index contributed by atoms with van der Waals surface area (Å²) in [6, 6.07) is 0.142. The minimum Gasteiger partial charge on any atom is -0.461 e. The number of carbonyl (C=O) groups is 1. The standard InChI is InChI=1S/C10H16ClN5O2/c1-6(2)18-10-14-8(11)13-9(15-10)16(4)5-7(17)12-3/h6H,5H2,1-4H3,(H,12,17). The van der Waals surface area contributed by atoms with Crippen molar-refractivity contribution in [3.05, 3.63) is 5.28 Å². The SMILES string of the molecule is CNC(=O)CN(C)c1nc(Cl)nc(OC(C)C)n1. The van der Waals surface area contributed by atoms with Crippen LogP contribution in [-0.4, -0.2) is 47.6 Å². The normalized spacial score (nSPS) is 10.3. The van der Waals surface area contributed by atoms with Crippen molar-refractivity contribution >= 4 is 23.5 Å². The summed E-state index contributed by atoms with van der Waals surface area (Å²) < 4.78 is 5.34. The van der Waals surface area contributed by atoms with Gasteiger partial charge in [-0.3, -0.25) is 4.79 Å². The summed E-state index contributed by atoms with van der Waals surface area (Å²) in [6.07, 6.45) is -0.0689. The third-order valence-corrected chi connectivity index (χ3v) is 2.09. The van der Waals surface area contributed by atoms with Crippen LogP contribution in [0.25, 0.3) is 0 Å². The molecule has 0 unspecified atom stereocenters. The zero-order chi connectivity index (χ0) is 13.7. The van der Waals surface area contributed by atoms with Crippen LogP contribution in [0.4, 0.5) is 5.95 Å². The molecule has 1 aromatic rings. The van der Waals surface area contributed by atoms with Crippen LogP contribution in [0, 0.1) is 0 Å². The molecular weight excluding hydrogens is 258 g/mol. The molecule has 0 bridgehead atoms. The Kier molecular flexibility index (Phi) is 5.08. The largest absolute Gasteiger partial charge is 0.461 e. The molecule has 1 rings (SSSR count). The van der Waals surface area contributed by atoms with Gasteiger partial charge in [0.15, 0.2) is 0 Å². The minimum absolute atomic E-state index is 0.0272. The number of ether oxygens (including phenoxy) is 1. The van der Waals surface area contributed by atoms with E-state index < -0.39 is 0 Å². The first kappa shape index (κ1) is 14.4. The van der Waals surface area contributed by atoms with Gasteiger partial charge in [0.25, 0.3) is 0 Å². The first-order valence-electron chi connectivity index (χ1n) is 5.42. The summed E-state index contributed by atoms with van der Waals surface area (Å²) >= 11 is 5.78. The number of hydrogen-bond donors (Lipinski definition) is 1. The lowest BCUT2D eigenvalue weighted by Gasteiger charge is -2.16. The molecule has 18 heavy (non-hydrogen) atoms. The van der Waals surface area contributed by atoms with Gasteiger partial charge in [0, 0.05) is 14.1 Å². The van der Waals surface area contributed by atoms with Gasteiger partial charge in [0.2, 0.25) is 17.1 Å². The topological polar surface area (TPSA) is 80.2 Å². The summed E-state index contributed by atoms with van der Waals surface area (Å²) in [4.78, 5) is 24.7. The van der Waals surface area contributed by atoms with Crippen molar-refractivity contribution in [3.8, 4) is 6.01 Å². The predicted molar refractivity (Wildman–Crippen MR) is 67.9 cm³/mol. The fraction of sp³-hybridized carbons (Fsp3) is 0.600. The molecule has 1 heterocycles. The Balaban J connectivity index is 2.87. The van der Waals surface area contributed by atoms with Gasteiger partial charge in [-0.1, -0.05) is 0 Å². The van der Waals surface area contributed by atoms with Gasteiger partial charge in [0.05, 0.1) is 12.6 Å². The molecule has 100 valence electrons. The van der Waals surface area contributed by atoms with Crippen molar-refractivity contribution in [1.29, 1.82) is 0 Å². The quantitative estimate of drug-likeness (QED) is 0.841. The fourth-order valence-corrected chi connectivity index (χ4v) is 1.27. The van der Waals surface area contributed by atoms with E-state index in [9.17, 15) is 4.79 Å². The molecule has 0 saturated carbocycles. The Labute approximate surface area is 111 Å². The van der Waals surface area contributed by atoms with E-state index in [-0.39, 0.29) is 35.8 Å². The molecule has 1 aromatic heterocycles. The van der Waals surface area contributed by atoms with Gasteiger partial charge >= 0.3 is 6.01 Å². The number of hydrogen-bond acceptors (Lipinski definition) is 6. The van der Waals surface area contributed by atoms with Crippen molar-refractivity contribution in [2.75, 3.05) is 25.5 Å². The zero-order valence-electron chi connectivity index (χ0n) is 10.8. The van der Waals surface area contributed by atoms with Crippen LogP contribution >= 0.6 is 11.6 Å². The van der Waals surface area contributed by atoms with Gasteiger partial charge in [-0.25, -0.2) is 0 Å². The van der Waals surface area contributed by atoms with Crippen molar-refractivity contribution in [3.63, 3.8) is 0 Å². The Morgan fingerprint density at radius 1 is 1.44 bits per heavy atom. The van der Waals surface area contributed by atoms with Crippen LogP contribution in [0.3, 0.4) is 0 Å². The Bertz CT molecular complexity index is 427. The highest BCUT2D eigenvalue weighted by molar-refractivity contribution is 6.28. The molecule has 7 nitrogen and oxygen atoms in total. The molecule has 0 spiro atoms. The predicted octanol–water partition coefficient (Wildman–Crippen LogP) is 0.494. The first-order valence-corrected chi connectivity index (χ1v) is 5.80. The highest BCUT2D eigenvalue weighted by atomic mass is 35.5. The monoisotopic (exact) mass is 273 g/mol. The number of aromatic nitrogens is 3. The average molecular weight is 274 g/mol. The lowest BCUT2D eigenvalue weighted by Crippen LogP contribution is -2.34. The number of halogens is 1. The van der Waals surface area contributed by atoms with E-state index in [0.29, 0.717) is 0 Å². The van der Waals surface area contributed by atoms with Crippen LogP contribution in [0.2, 0.25) is 5.28 Å². The maximum absolute atomic E-state index is 11.3. The Morgan fingerprint density at radius 3 is 2.67 bits per heavy atom. The summed E-state index contributed by atoms with van der Waals surface area (Å²) in [7, 11) is 3.24. The number of nitrogens with one attached hydrogen (secondary N) is 1. The molecule has 1 amide bonds. The van der Waals surface area contributed by atoms with E-state index in [1.165, 1.54) is 0 Å². The fourth-order valence-electron chi connectivity index (χ4n) is 1.12. The molecule has 0 saturated heterocycles. The molecule has 0 radical (unpaired) electrons. The van der Waals surface area contributed by atoms with Crippen LogP contribution in [0.5, 0.6) is 6.01 Å². The van der Waals surface area contributed by atoms with Gasteiger partial charge < -0.3 is 15.0 Å². The first-order chi connectivity index (χ1) is 8.42. The van der Waals surface area contributed by atoms with E-state index in [4.69, 9.17) is 16.3 Å². The second kappa shape index (κ2) is 6.34. The highest BCUT2D eigenvalue weighted by Gasteiger charge is 2.13. The summed E-state index contributed by atoms with van der Waals surface area (Å²) in [5, 5.41) is 2.54. The third kappa shape index (κ3) is 4.33. The van der Waals surface area contributed by atoms with E-state index in [1.54, 1.807) is 19.0 Å². The van der Waals surface area contributed by atoms with Crippen molar-refractivity contribution in [1.82, 2.24) is 20.3 Å². The maximum Gasteiger partial charge on any atom is 0.322 e. The molecule has 0 aromatic carbocycles. The number of likely N-dealkylation sites (N-methyl/N-ethyl adjacent to an activating group) is 2. The molecule has 0 aliphatic rings. The number of amides is 1. The Morgan fingerprint density at radius 2 is 2.11 bits per heavy atom. The van der Waals surface area contributed by atoms with Gasteiger partial charge in [-0.05, 0) is 25.4 Å². The van der Waals surface area contributed by atoms with Gasteiger partial charge in [-0.15, -0.1) is 0 Å². The summed E-state index contributed by atoms with van der Waals surface area (Å²) in [5.74, 6) is 0.134. The smallest absolute Gasteiger partial charge is 0.322 e. The van der Waals surface area contributed by atoms with E-state index in [1.807, 2.05) is 13.8 Å². The molecule has 0 aliphatic heterocycles. The van der Waals surface area contributed by atoms with Crippen molar-refractivity contribution < 1.29 is 9.53 Å². The lowest BCUT2D eigenvalue weighted by atomic mass is 10.5. The summed E-state index contributed by atoms with van der Waals surface area (Å²) in [6.45, 7) is 3.83. The van der Waals surface area contributed by atoms with Crippen LogP contribution in [-0.2, 0) is 4.79 Å². The molecule has 0 aliphatic carbocycles. The molecule has 8 heteroatoms. The number of nitrogens with zero attached hydrogens (tertiary/aromatic N) is 4. The second-order valence-electron chi connectivity index (χ2n) is 3.88. The van der Waals surface area contributed by atoms with Gasteiger partial charge in [-0.2, -0.15) is 15.0 Å². The number of anilines is 1. The molecule has 0 fully saturated rings. The second-order valence-corrected chi connectivity index (χ2v) is 4.22. The van der Waals surface area contributed by atoms with Crippen molar-refractivity contribution in [2.24, 2.45) is 0 Å². The zero-order valence-corrected chi connectivity index (χ0v) is 11.5. The van der Waals surface area contributed by atoms with E-state index in [0.717, 1.165) is 0 Å². The lowest BCUT2D eigenvalue weighted by molar-refractivity contribution is -0.119. The van der Waals surface area contributed by atoms with Gasteiger partial charge in [0.1, 0.15) is 0 Å². The van der Waals surface area contributed by atoms with E-state index in [2.05, 4.69) is 20.3 Å². The maximum atomic E-state index is 11.3. The molecular formula is C10H16ClN5O2. The van der Waals surface area contributed by atoms with Crippen LogP contribution in [0.1, 0.15) is 13.8 Å². The average Bonchev–Trinajstić information content (AvgIpc) is 2.26. The van der Waals surface area contributed by atoms with Crippen molar-refractivity contribution in [2.45, 2.75) is 20.0 Å². The molecule has 1 N–H and O–H groups in total. The van der Waals surface area contributed by atoms with Crippen LogP contribution in [0.15, 0.2) is 0 Å². The number of carbonyl (C=O) groups excluding carboxylic acids is 1.